The zero-order chi connectivity index (χ0) is 19.7. The van der Waals surface area contributed by atoms with Gasteiger partial charge in [0.15, 0.2) is 11.0 Å². The fraction of sp³-hybridized carbons (Fsp3) is 0.423. The normalized spacial score (nSPS) is 16.3. The number of aryl methyl sites for hydroxylation is 1. The molecule has 4 aromatic rings. The SMILES string of the molecule is CCC1(CC)CC[n+]2c3ccccc3n3c(C(C)(C)C)cc4cccc1c4c32. The second-order valence-corrected chi connectivity index (χ2v) is 9.59. The molecule has 0 bridgehead atoms. The molecule has 1 aliphatic heterocycles. The molecule has 2 aromatic heterocycles. The molecule has 1 aliphatic rings. The summed E-state index contributed by atoms with van der Waals surface area (Å²) in [4.78, 5) is 0. The van der Waals surface area contributed by atoms with Crippen molar-refractivity contribution in [1.29, 1.82) is 0 Å². The number of aromatic nitrogens is 2. The highest BCUT2D eigenvalue weighted by Crippen LogP contribution is 2.43. The Bertz CT molecular complexity index is 1220. The average molecular weight is 372 g/mol. The minimum absolute atomic E-state index is 0.0721. The molecule has 0 aliphatic carbocycles. The fourth-order valence-electron chi connectivity index (χ4n) is 5.54. The molecule has 0 spiro atoms. The molecular formula is C26H31N2+. The largest absolute Gasteiger partial charge is 0.295 e. The van der Waals surface area contributed by atoms with Gasteiger partial charge < -0.3 is 0 Å². The number of nitrogens with zero attached hydrogens (tertiary/aromatic N) is 2. The molecule has 2 aromatic carbocycles. The lowest BCUT2D eigenvalue weighted by molar-refractivity contribution is -0.646. The summed E-state index contributed by atoms with van der Waals surface area (Å²) >= 11 is 0. The Kier molecular flexibility index (Phi) is 3.69. The summed E-state index contributed by atoms with van der Waals surface area (Å²) in [5, 5.41) is 2.85. The second kappa shape index (κ2) is 5.83. The average Bonchev–Trinajstić information content (AvgIpc) is 2.94. The van der Waals surface area contributed by atoms with Crippen molar-refractivity contribution in [1.82, 2.24) is 4.40 Å². The van der Waals surface area contributed by atoms with Gasteiger partial charge in [0.2, 0.25) is 0 Å². The van der Waals surface area contributed by atoms with Crippen LogP contribution in [-0.4, -0.2) is 4.40 Å². The summed E-state index contributed by atoms with van der Waals surface area (Å²) in [6, 6.07) is 18.4. The molecule has 0 saturated heterocycles. The number of hydrogen-bond acceptors (Lipinski definition) is 0. The van der Waals surface area contributed by atoms with Gasteiger partial charge in [0.1, 0.15) is 5.69 Å². The van der Waals surface area contributed by atoms with Crippen molar-refractivity contribution in [3.05, 3.63) is 59.8 Å². The third-order valence-electron chi connectivity index (χ3n) is 7.24. The van der Waals surface area contributed by atoms with Gasteiger partial charge in [0, 0.05) is 5.41 Å². The first-order chi connectivity index (χ1) is 13.4. The van der Waals surface area contributed by atoms with Gasteiger partial charge in [-0.1, -0.05) is 65.0 Å². The zero-order valence-corrected chi connectivity index (χ0v) is 17.8. The minimum atomic E-state index is 0.0721. The van der Waals surface area contributed by atoms with Crippen molar-refractivity contribution in [3.63, 3.8) is 0 Å². The standard InChI is InChI=1S/C26H31N2/c1-6-26(7-2)15-16-27-20-13-8-9-14-21(20)28-22(25(3,4)5)17-18-11-10-12-19(26)23(18)24(27)28/h8-14,17H,6-7,15-16H2,1-5H3/q+1. The quantitative estimate of drug-likeness (QED) is 0.366. The Morgan fingerprint density at radius 3 is 2.46 bits per heavy atom. The van der Waals surface area contributed by atoms with E-state index in [1.165, 1.54) is 52.4 Å². The summed E-state index contributed by atoms with van der Waals surface area (Å²) in [7, 11) is 0. The van der Waals surface area contributed by atoms with Crippen molar-refractivity contribution in [2.75, 3.05) is 0 Å². The van der Waals surface area contributed by atoms with Crippen LogP contribution in [0.1, 0.15) is 65.1 Å². The first-order valence-corrected chi connectivity index (χ1v) is 10.8. The molecule has 0 amide bonds. The van der Waals surface area contributed by atoms with Crippen LogP contribution in [0.15, 0.2) is 48.5 Å². The smallest absolute Gasteiger partial charge is 0.222 e. The van der Waals surface area contributed by atoms with Crippen molar-refractivity contribution in [3.8, 4) is 0 Å². The van der Waals surface area contributed by atoms with Crippen LogP contribution in [0.2, 0.25) is 0 Å². The third kappa shape index (κ3) is 2.18. The minimum Gasteiger partial charge on any atom is -0.222 e. The zero-order valence-electron chi connectivity index (χ0n) is 17.8. The molecule has 5 rings (SSSR count). The molecule has 2 heteroatoms. The lowest BCUT2D eigenvalue weighted by Crippen LogP contribution is -2.36. The Labute approximate surface area is 167 Å². The van der Waals surface area contributed by atoms with Crippen LogP contribution in [0.25, 0.3) is 27.5 Å². The van der Waals surface area contributed by atoms with Gasteiger partial charge in [-0.3, -0.25) is 0 Å². The summed E-state index contributed by atoms with van der Waals surface area (Å²) in [6.45, 7) is 12.8. The number of fused-ring (bicyclic) bond motifs is 3. The molecule has 0 radical (unpaired) electrons. The molecule has 2 nitrogen and oxygen atoms in total. The van der Waals surface area contributed by atoms with Gasteiger partial charge in [0.25, 0.3) is 5.65 Å². The number of pyridine rings is 1. The molecule has 0 unspecified atom stereocenters. The maximum atomic E-state index is 2.60. The molecule has 144 valence electrons. The summed E-state index contributed by atoms with van der Waals surface area (Å²) < 4.78 is 5.16. The van der Waals surface area contributed by atoms with Gasteiger partial charge in [0.05, 0.1) is 11.9 Å². The highest BCUT2D eigenvalue weighted by molar-refractivity contribution is 5.99. The van der Waals surface area contributed by atoms with E-state index in [1.807, 2.05) is 0 Å². The molecule has 28 heavy (non-hydrogen) atoms. The first kappa shape index (κ1) is 17.7. The number of para-hydroxylation sites is 2. The van der Waals surface area contributed by atoms with Crippen molar-refractivity contribution < 1.29 is 4.57 Å². The fourth-order valence-corrected chi connectivity index (χ4v) is 5.54. The third-order valence-corrected chi connectivity index (χ3v) is 7.24. The predicted octanol–water partition coefficient (Wildman–Crippen LogP) is 6.29. The van der Waals surface area contributed by atoms with Crippen LogP contribution < -0.4 is 4.57 Å². The monoisotopic (exact) mass is 371 g/mol. The van der Waals surface area contributed by atoms with Crippen LogP contribution in [-0.2, 0) is 17.4 Å². The first-order valence-electron chi connectivity index (χ1n) is 10.8. The van der Waals surface area contributed by atoms with Crippen LogP contribution in [0, 0.1) is 0 Å². The number of imidazole rings is 1. The Morgan fingerprint density at radius 1 is 1.00 bits per heavy atom. The predicted molar refractivity (Wildman–Crippen MR) is 118 cm³/mol. The van der Waals surface area contributed by atoms with Gasteiger partial charge in [-0.2, -0.15) is 4.40 Å². The Balaban J connectivity index is 2.10. The second-order valence-electron chi connectivity index (χ2n) is 9.59. The summed E-state index contributed by atoms with van der Waals surface area (Å²) in [5.74, 6) is 0. The van der Waals surface area contributed by atoms with Gasteiger partial charge >= 0.3 is 0 Å². The molecular weight excluding hydrogens is 340 g/mol. The van der Waals surface area contributed by atoms with E-state index in [-0.39, 0.29) is 10.8 Å². The molecule has 0 N–H and O–H groups in total. The molecule has 0 atom stereocenters. The van der Waals surface area contributed by atoms with Crippen molar-refractivity contribution in [2.45, 2.75) is 71.3 Å². The van der Waals surface area contributed by atoms with Crippen molar-refractivity contribution in [2.24, 2.45) is 0 Å². The van der Waals surface area contributed by atoms with Crippen LogP contribution in [0.5, 0.6) is 0 Å². The van der Waals surface area contributed by atoms with Gasteiger partial charge in [-0.15, -0.1) is 0 Å². The molecule has 0 saturated carbocycles. The lowest BCUT2D eigenvalue weighted by Gasteiger charge is -2.31. The Morgan fingerprint density at radius 2 is 1.75 bits per heavy atom. The maximum Gasteiger partial charge on any atom is 0.295 e. The van der Waals surface area contributed by atoms with Crippen LogP contribution in [0.4, 0.5) is 0 Å². The van der Waals surface area contributed by atoms with E-state index in [1.54, 1.807) is 5.56 Å². The van der Waals surface area contributed by atoms with E-state index < -0.39 is 0 Å². The van der Waals surface area contributed by atoms with E-state index in [0.717, 1.165) is 6.54 Å². The van der Waals surface area contributed by atoms with Crippen LogP contribution >= 0.6 is 0 Å². The van der Waals surface area contributed by atoms with Crippen molar-refractivity contribution >= 4 is 27.5 Å². The van der Waals surface area contributed by atoms with E-state index in [2.05, 4.69) is 92.1 Å². The lowest BCUT2D eigenvalue weighted by atomic mass is 9.72. The Hall–Kier alpha value is -2.35. The number of rotatable bonds is 2. The van der Waals surface area contributed by atoms with Gasteiger partial charge in [-0.25, -0.2) is 4.57 Å². The van der Waals surface area contributed by atoms with E-state index >= 15 is 0 Å². The summed E-state index contributed by atoms with van der Waals surface area (Å²) in [6.07, 6.45) is 3.59. The van der Waals surface area contributed by atoms with E-state index in [4.69, 9.17) is 0 Å². The van der Waals surface area contributed by atoms with Gasteiger partial charge in [-0.05, 0) is 53.8 Å². The number of hydrogen-bond donors (Lipinski definition) is 0. The highest BCUT2D eigenvalue weighted by Gasteiger charge is 2.39. The topological polar surface area (TPSA) is 8.29 Å². The number of benzene rings is 2. The van der Waals surface area contributed by atoms with E-state index in [9.17, 15) is 0 Å². The molecule has 3 heterocycles. The van der Waals surface area contributed by atoms with E-state index in [0.29, 0.717) is 0 Å². The van der Waals surface area contributed by atoms with Crippen LogP contribution in [0.3, 0.4) is 0 Å². The molecule has 0 fully saturated rings. The maximum absolute atomic E-state index is 2.60. The summed E-state index contributed by atoms with van der Waals surface area (Å²) in [5.41, 5.74) is 7.36. The highest BCUT2D eigenvalue weighted by atomic mass is 15.1.